The van der Waals surface area contributed by atoms with Gasteiger partial charge >= 0.3 is 17.9 Å². The van der Waals surface area contributed by atoms with Gasteiger partial charge in [0.05, 0.1) is 26.4 Å². The summed E-state index contributed by atoms with van der Waals surface area (Å²) in [5, 5.41) is 0. The van der Waals surface area contributed by atoms with Gasteiger partial charge in [-0.2, -0.15) is 0 Å². The van der Waals surface area contributed by atoms with Crippen LogP contribution < -0.4 is 0 Å². The highest BCUT2D eigenvalue weighted by atomic mass is 16.8. The van der Waals surface area contributed by atoms with Crippen LogP contribution in [0.2, 0.25) is 0 Å². The lowest BCUT2D eigenvalue weighted by Gasteiger charge is -2.49. The Labute approximate surface area is 313 Å². The van der Waals surface area contributed by atoms with Gasteiger partial charge in [0.25, 0.3) is 0 Å². The maximum absolute atomic E-state index is 12.4. The predicted octanol–water partition coefficient (Wildman–Crippen LogP) is 4.18. The Morgan fingerprint density at radius 1 is 0.593 bits per heavy atom. The van der Waals surface area contributed by atoms with Crippen molar-refractivity contribution in [3.8, 4) is 0 Å². The summed E-state index contributed by atoms with van der Waals surface area (Å²) in [5.41, 5.74) is 2.69. The highest BCUT2D eigenvalue weighted by Gasteiger charge is 2.55. The van der Waals surface area contributed by atoms with Crippen LogP contribution in [-0.4, -0.2) is 99.6 Å². The fourth-order valence-electron chi connectivity index (χ4n) is 6.73. The van der Waals surface area contributed by atoms with E-state index in [-0.39, 0.29) is 26.4 Å². The number of rotatable bonds is 14. The van der Waals surface area contributed by atoms with Crippen LogP contribution in [0.1, 0.15) is 43.8 Å². The largest absolute Gasteiger partial charge is 0.456 e. The molecule has 0 bridgehead atoms. The van der Waals surface area contributed by atoms with Crippen LogP contribution in [-0.2, 0) is 79.7 Å². The molecule has 3 aliphatic rings. The Morgan fingerprint density at radius 2 is 1.13 bits per heavy atom. The summed E-state index contributed by atoms with van der Waals surface area (Å²) in [4.78, 5) is 36.7. The van der Waals surface area contributed by atoms with E-state index in [1.807, 2.05) is 91.0 Å². The molecule has 54 heavy (non-hydrogen) atoms. The third-order valence-electron chi connectivity index (χ3n) is 9.08. The molecule has 0 saturated carbocycles. The molecule has 0 aliphatic carbocycles. The number of carbonyl (C=O) groups is 3. The van der Waals surface area contributed by atoms with Gasteiger partial charge in [0.15, 0.2) is 37.2 Å². The lowest BCUT2D eigenvalue weighted by Crippen LogP contribution is -2.65. The second-order valence-corrected chi connectivity index (χ2v) is 13.1. The lowest BCUT2D eigenvalue weighted by molar-refractivity contribution is -0.378. The molecule has 0 amide bonds. The average Bonchev–Trinajstić information content (AvgIpc) is 3.17. The Morgan fingerprint density at radius 3 is 1.70 bits per heavy atom. The summed E-state index contributed by atoms with van der Waals surface area (Å²) in [6, 6.07) is 29.0. The Hall–Kier alpha value is -4.25. The van der Waals surface area contributed by atoms with Crippen molar-refractivity contribution in [2.24, 2.45) is 0 Å². The van der Waals surface area contributed by atoms with Crippen LogP contribution in [0.5, 0.6) is 0 Å². The Bertz CT molecular complexity index is 1640. The van der Waals surface area contributed by atoms with E-state index in [1.165, 1.54) is 27.9 Å². The van der Waals surface area contributed by atoms with Gasteiger partial charge in [-0.3, -0.25) is 14.4 Å². The van der Waals surface area contributed by atoms with Gasteiger partial charge in [-0.15, -0.1) is 0 Å². The van der Waals surface area contributed by atoms with Gasteiger partial charge < -0.3 is 52.1 Å². The highest BCUT2D eigenvalue weighted by molar-refractivity contribution is 5.68. The molecule has 0 spiro atoms. The van der Waals surface area contributed by atoms with Gasteiger partial charge in [0.2, 0.25) is 0 Å². The summed E-state index contributed by atoms with van der Waals surface area (Å²) < 4.78 is 67.4. The molecular formula is C40H46O14. The van der Waals surface area contributed by atoms with Crippen LogP contribution in [0.25, 0.3) is 0 Å². The van der Waals surface area contributed by atoms with Gasteiger partial charge in [-0.1, -0.05) is 91.0 Å². The van der Waals surface area contributed by atoms with E-state index in [1.54, 1.807) is 0 Å². The monoisotopic (exact) mass is 750 g/mol. The van der Waals surface area contributed by atoms with Crippen LogP contribution in [0.4, 0.5) is 0 Å². The first-order valence-corrected chi connectivity index (χ1v) is 17.8. The van der Waals surface area contributed by atoms with Crippen LogP contribution in [0.15, 0.2) is 91.0 Å². The van der Waals surface area contributed by atoms with E-state index in [0.29, 0.717) is 0 Å². The molecule has 3 fully saturated rings. The molecule has 0 radical (unpaired) electrons. The number of esters is 3. The van der Waals surface area contributed by atoms with Gasteiger partial charge in [0, 0.05) is 33.4 Å². The molecule has 0 aromatic heterocycles. The Balaban J connectivity index is 1.30. The number of fused-ring (bicyclic) bond motifs is 1. The van der Waals surface area contributed by atoms with Crippen molar-refractivity contribution in [3.05, 3.63) is 108 Å². The SMILES string of the molecule is CO[C@H]1O[C@H](CO[C@@H]2O[C@@H]3COC(c4ccccc4)O[C@H]3[C@H](OCc3ccccc3)[C@@H]2OCc2ccccc2)[C@@H](OC(C)=O)[C@H](OC(C)=O)[C@H]1OC(C)=O. The summed E-state index contributed by atoms with van der Waals surface area (Å²) in [5.74, 6) is -2.08. The molecule has 3 heterocycles. The van der Waals surface area contributed by atoms with E-state index in [4.69, 9.17) is 52.1 Å². The molecule has 1 unspecified atom stereocenters. The zero-order chi connectivity index (χ0) is 38.0. The fraction of sp³-hybridized carbons (Fsp3) is 0.475. The van der Waals surface area contributed by atoms with Crippen molar-refractivity contribution in [1.82, 2.24) is 0 Å². The second kappa shape index (κ2) is 18.9. The molecule has 3 saturated heterocycles. The maximum Gasteiger partial charge on any atom is 0.303 e. The molecule has 14 nitrogen and oxygen atoms in total. The van der Waals surface area contributed by atoms with E-state index in [9.17, 15) is 14.4 Å². The third kappa shape index (κ3) is 10.1. The van der Waals surface area contributed by atoms with Crippen molar-refractivity contribution < 1.29 is 66.5 Å². The van der Waals surface area contributed by atoms with Crippen LogP contribution >= 0.6 is 0 Å². The predicted molar refractivity (Wildman–Crippen MR) is 187 cm³/mol. The molecule has 3 aliphatic heterocycles. The van der Waals surface area contributed by atoms with Gasteiger partial charge in [-0.25, -0.2) is 0 Å². The van der Waals surface area contributed by atoms with Gasteiger partial charge in [0.1, 0.15) is 30.5 Å². The number of hydrogen-bond donors (Lipinski definition) is 0. The summed E-state index contributed by atoms with van der Waals surface area (Å²) in [7, 11) is 1.34. The minimum absolute atomic E-state index is 0.154. The quantitative estimate of drug-likeness (QED) is 0.171. The van der Waals surface area contributed by atoms with Crippen molar-refractivity contribution in [2.45, 2.75) is 102 Å². The van der Waals surface area contributed by atoms with E-state index < -0.39 is 85.6 Å². The fourth-order valence-corrected chi connectivity index (χ4v) is 6.73. The average molecular weight is 751 g/mol. The maximum atomic E-state index is 12.4. The summed E-state index contributed by atoms with van der Waals surface area (Å²) in [6.07, 6.45) is -10.7. The number of hydrogen-bond acceptors (Lipinski definition) is 14. The summed E-state index contributed by atoms with van der Waals surface area (Å²) in [6.45, 7) is 3.89. The highest BCUT2D eigenvalue weighted by Crippen LogP contribution is 2.38. The molecule has 14 heteroatoms. The molecule has 0 N–H and O–H groups in total. The number of benzene rings is 3. The minimum Gasteiger partial charge on any atom is -0.456 e. The lowest BCUT2D eigenvalue weighted by atomic mass is 9.96. The first-order valence-electron chi connectivity index (χ1n) is 17.8. The molecule has 11 atom stereocenters. The molecule has 3 aromatic carbocycles. The van der Waals surface area contributed by atoms with Crippen molar-refractivity contribution in [1.29, 1.82) is 0 Å². The van der Waals surface area contributed by atoms with E-state index in [2.05, 4.69) is 0 Å². The first kappa shape index (κ1) is 39.4. The van der Waals surface area contributed by atoms with E-state index in [0.717, 1.165) is 16.7 Å². The van der Waals surface area contributed by atoms with Crippen molar-refractivity contribution in [2.75, 3.05) is 20.3 Å². The summed E-state index contributed by atoms with van der Waals surface area (Å²) >= 11 is 0. The zero-order valence-electron chi connectivity index (χ0n) is 30.6. The smallest absolute Gasteiger partial charge is 0.303 e. The topological polar surface area (TPSA) is 153 Å². The number of methoxy groups -OCH3 is 1. The van der Waals surface area contributed by atoms with Gasteiger partial charge in [-0.05, 0) is 11.1 Å². The molecule has 290 valence electrons. The molecule has 3 aromatic rings. The van der Waals surface area contributed by atoms with E-state index >= 15 is 0 Å². The first-order chi connectivity index (χ1) is 26.2. The number of carbonyl (C=O) groups excluding carboxylic acids is 3. The molecular weight excluding hydrogens is 704 g/mol. The second-order valence-electron chi connectivity index (χ2n) is 13.1. The van der Waals surface area contributed by atoms with Crippen molar-refractivity contribution in [3.63, 3.8) is 0 Å². The zero-order valence-corrected chi connectivity index (χ0v) is 30.6. The standard InChI is InChI=1S/C40H46O14/c1-24(41)49-33-31(52-39(44-4)37(51-26(3)43)35(33)50-25(2)42)23-48-40-36(46-21-28-16-10-6-11-17-28)34(45-20-27-14-8-5-9-15-27)32-30(53-40)22-47-38(54-32)29-18-12-7-13-19-29/h5-19,30-40H,20-23H2,1-4H3/t30-,31-,32-,33-,34+,35+,36+,37-,38?,39+,40-/m1/s1. The minimum atomic E-state index is -1.29. The normalized spacial score (nSPS) is 30.8. The third-order valence-corrected chi connectivity index (χ3v) is 9.08. The Kier molecular flexibility index (Phi) is 13.8. The van der Waals surface area contributed by atoms with Crippen LogP contribution in [0, 0.1) is 0 Å². The van der Waals surface area contributed by atoms with Crippen molar-refractivity contribution >= 4 is 17.9 Å². The molecule has 6 rings (SSSR count). The van der Waals surface area contributed by atoms with Crippen LogP contribution in [0.3, 0.4) is 0 Å². The number of ether oxygens (including phenoxy) is 11.